The summed E-state index contributed by atoms with van der Waals surface area (Å²) in [6.45, 7) is 0.397. The summed E-state index contributed by atoms with van der Waals surface area (Å²) >= 11 is 9.40. The zero-order valence-electron chi connectivity index (χ0n) is 9.99. The lowest BCUT2D eigenvalue weighted by molar-refractivity contribution is 0.305. The van der Waals surface area contributed by atoms with E-state index >= 15 is 0 Å². The van der Waals surface area contributed by atoms with E-state index in [2.05, 4.69) is 15.9 Å². The molecule has 2 aromatic rings. The molecular weight excluding hydrogens is 328 g/mol. The summed E-state index contributed by atoms with van der Waals surface area (Å²) in [5, 5.41) is 7.95. The second-order valence-corrected chi connectivity index (χ2v) is 5.26. The first kappa shape index (κ1) is 13.9. The van der Waals surface area contributed by atoms with Crippen LogP contribution >= 0.6 is 27.5 Å². The van der Waals surface area contributed by atoms with E-state index < -0.39 is 0 Å². The minimum absolute atomic E-state index is 0.101. The quantitative estimate of drug-likeness (QED) is 0.654. The third kappa shape index (κ3) is 3.49. The van der Waals surface area contributed by atoms with Crippen molar-refractivity contribution in [2.75, 3.05) is 0 Å². The van der Waals surface area contributed by atoms with Crippen LogP contribution in [0.15, 0.2) is 46.9 Å². The van der Waals surface area contributed by atoms with Gasteiger partial charge in [0.1, 0.15) is 18.2 Å². The van der Waals surface area contributed by atoms with Crippen LogP contribution in [-0.2, 0) is 6.61 Å². The van der Waals surface area contributed by atoms with Gasteiger partial charge in [-0.25, -0.2) is 0 Å². The number of rotatable bonds is 4. The Morgan fingerprint density at radius 1 is 1.21 bits per heavy atom. The predicted molar refractivity (Wildman–Crippen MR) is 80.9 cm³/mol. The Morgan fingerprint density at radius 3 is 2.53 bits per heavy atom. The van der Waals surface area contributed by atoms with Gasteiger partial charge in [-0.3, -0.25) is 5.41 Å². The highest BCUT2D eigenvalue weighted by atomic mass is 79.9. The fraction of sp³-hybridized carbons (Fsp3) is 0.0714. The van der Waals surface area contributed by atoms with Gasteiger partial charge >= 0.3 is 0 Å². The van der Waals surface area contributed by atoms with Crippen LogP contribution in [0.5, 0.6) is 5.75 Å². The van der Waals surface area contributed by atoms with Crippen LogP contribution in [0.2, 0.25) is 5.02 Å². The molecule has 0 amide bonds. The van der Waals surface area contributed by atoms with Crippen LogP contribution in [-0.4, -0.2) is 5.84 Å². The first-order valence-electron chi connectivity index (χ1n) is 5.58. The molecule has 0 heterocycles. The molecule has 0 spiro atoms. The molecule has 0 unspecified atom stereocenters. The lowest BCUT2D eigenvalue weighted by atomic mass is 10.2. The number of nitrogens with two attached hydrogens (primary N) is 1. The van der Waals surface area contributed by atoms with Gasteiger partial charge < -0.3 is 10.5 Å². The SMILES string of the molecule is N=C(N)c1c(Cl)cccc1OCc1ccc(Br)cc1. The molecule has 0 fully saturated rings. The van der Waals surface area contributed by atoms with E-state index in [1.807, 2.05) is 24.3 Å². The van der Waals surface area contributed by atoms with Gasteiger partial charge in [-0.15, -0.1) is 0 Å². The molecule has 0 bridgehead atoms. The highest BCUT2D eigenvalue weighted by molar-refractivity contribution is 9.10. The summed E-state index contributed by atoms with van der Waals surface area (Å²) in [5.74, 6) is 0.416. The first-order valence-corrected chi connectivity index (χ1v) is 6.75. The van der Waals surface area contributed by atoms with Gasteiger partial charge in [0.15, 0.2) is 0 Å². The van der Waals surface area contributed by atoms with Crippen molar-refractivity contribution in [2.24, 2.45) is 5.73 Å². The molecule has 2 rings (SSSR count). The van der Waals surface area contributed by atoms with Crippen molar-refractivity contribution in [2.45, 2.75) is 6.61 Å². The van der Waals surface area contributed by atoms with Crippen molar-refractivity contribution in [3.05, 3.63) is 63.1 Å². The number of halogens is 2. The van der Waals surface area contributed by atoms with Gasteiger partial charge in [0.25, 0.3) is 0 Å². The van der Waals surface area contributed by atoms with E-state index in [1.54, 1.807) is 18.2 Å². The van der Waals surface area contributed by atoms with Crippen LogP contribution < -0.4 is 10.5 Å². The summed E-state index contributed by atoms with van der Waals surface area (Å²) < 4.78 is 6.70. The van der Waals surface area contributed by atoms with Crippen LogP contribution in [0.25, 0.3) is 0 Å². The highest BCUT2D eigenvalue weighted by Crippen LogP contribution is 2.26. The van der Waals surface area contributed by atoms with E-state index in [1.165, 1.54) is 0 Å². The maximum absolute atomic E-state index is 7.54. The summed E-state index contributed by atoms with van der Waals surface area (Å²) in [4.78, 5) is 0. The number of nitrogen functional groups attached to an aromatic ring is 1. The zero-order chi connectivity index (χ0) is 13.8. The number of hydrogen-bond donors (Lipinski definition) is 2. The Morgan fingerprint density at radius 2 is 1.89 bits per heavy atom. The van der Waals surface area contributed by atoms with Gasteiger partial charge in [0.2, 0.25) is 0 Å². The molecule has 0 saturated carbocycles. The Hall–Kier alpha value is -1.52. The summed E-state index contributed by atoms with van der Waals surface area (Å²) in [6.07, 6.45) is 0. The Kier molecular flexibility index (Phi) is 4.45. The third-order valence-corrected chi connectivity index (χ3v) is 3.40. The largest absolute Gasteiger partial charge is 0.488 e. The van der Waals surface area contributed by atoms with Gasteiger partial charge in [0, 0.05) is 4.47 Å². The van der Waals surface area contributed by atoms with E-state index in [4.69, 9.17) is 27.5 Å². The van der Waals surface area contributed by atoms with Crippen molar-refractivity contribution >= 4 is 33.4 Å². The molecule has 3 N–H and O–H groups in total. The maximum Gasteiger partial charge on any atom is 0.132 e. The lowest BCUT2D eigenvalue weighted by Gasteiger charge is -2.12. The topological polar surface area (TPSA) is 59.1 Å². The Labute approximate surface area is 125 Å². The van der Waals surface area contributed by atoms with Crippen molar-refractivity contribution < 1.29 is 4.74 Å². The molecule has 5 heteroatoms. The van der Waals surface area contributed by atoms with Crippen molar-refractivity contribution in [1.82, 2.24) is 0 Å². The second kappa shape index (κ2) is 6.08. The second-order valence-electron chi connectivity index (χ2n) is 3.94. The molecule has 0 aromatic heterocycles. The van der Waals surface area contributed by atoms with E-state index in [-0.39, 0.29) is 5.84 Å². The molecule has 0 atom stereocenters. The maximum atomic E-state index is 7.54. The normalized spacial score (nSPS) is 10.2. The number of nitrogens with one attached hydrogen (secondary N) is 1. The number of ether oxygens (including phenoxy) is 1. The fourth-order valence-corrected chi connectivity index (χ4v) is 2.16. The molecule has 3 nitrogen and oxygen atoms in total. The molecule has 0 radical (unpaired) electrons. The van der Waals surface area contributed by atoms with Crippen molar-refractivity contribution in [3.63, 3.8) is 0 Å². The molecule has 0 saturated heterocycles. The van der Waals surface area contributed by atoms with Gasteiger partial charge in [0.05, 0.1) is 10.6 Å². The number of benzene rings is 2. The first-order chi connectivity index (χ1) is 9.08. The molecule has 19 heavy (non-hydrogen) atoms. The van der Waals surface area contributed by atoms with Crippen LogP contribution in [0.1, 0.15) is 11.1 Å². The molecular formula is C14H12BrClN2O. The predicted octanol–water partition coefficient (Wildman–Crippen LogP) is 3.97. The van der Waals surface area contributed by atoms with Gasteiger partial charge in [-0.1, -0.05) is 45.7 Å². The molecule has 2 aromatic carbocycles. The van der Waals surface area contributed by atoms with Crippen molar-refractivity contribution in [1.29, 1.82) is 5.41 Å². The Balaban J connectivity index is 2.18. The summed E-state index contributed by atoms with van der Waals surface area (Å²) in [5.41, 5.74) is 6.97. The summed E-state index contributed by atoms with van der Waals surface area (Å²) in [7, 11) is 0. The lowest BCUT2D eigenvalue weighted by Crippen LogP contribution is -2.13. The highest BCUT2D eigenvalue weighted by Gasteiger charge is 2.11. The average molecular weight is 340 g/mol. The van der Waals surface area contributed by atoms with E-state index in [0.29, 0.717) is 22.9 Å². The van der Waals surface area contributed by atoms with E-state index in [9.17, 15) is 0 Å². The van der Waals surface area contributed by atoms with Gasteiger partial charge in [-0.05, 0) is 29.8 Å². The monoisotopic (exact) mass is 338 g/mol. The minimum Gasteiger partial charge on any atom is -0.488 e. The molecule has 0 aliphatic carbocycles. The summed E-state index contributed by atoms with van der Waals surface area (Å²) in [6, 6.07) is 13.0. The fourth-order valence-electron chi connectivity index (χ4n) is 1.63. The van der Waals surface area contributed by atoms with Crippen LogP contribution in [0.4, 0.5) is 0 Å². The Bertz CT molecular complexity index is 599. The minimum atomic E-state index is -0.101. The molecule has 98 valence electrons. The number of amidine groups is 1. The zero-order valence-corrected chi connectivity index (χ0v) is 12.3. The smallest absolute Gasteiger partial charge is 0.132 e. The van der Waals surface area contributed by atoms with E-state index in [0.717, 1.165) is 10.0 Å². The molecule has 0 aliphatic rings. The van der Waals surface area contributed by atoms with Crippen LogP contribution in [0, 0.1) is 5.41 Å². The molecule has 0 aliphatic heterocycles. The average Bonchev–Trinajstić information content (AvgIpc) is 2.37. The third-order valence-electron chi connectivity index (χ3n) is 2.55. The van der Waals surface area contributed by atoms with Crippen molar-refractivity contribution in [3.8, 4) is 5.75 Å². The van der Waals surface area contributed by atoms with Crippen LogP contribution in [0.3, 0.4) is 0 Å². The van der Waals surface area contributed by atoms with Gasteiger partial charge in [-0.2, -0.15) is 0 Å². The standard InChI is InChI=1S/C14H12BrClN2O/c15-10-6-4-9(5-7-10)8-19-12-3-1-2-11(16)13(12)14(17)18/h1-7H,8H2,(H3,17,18). The number of hydrogen-bond acceptors (Lipinski definition) is 2.